The van der Waals surface area contributed by atoms with E-state index in [9.17, 15) is 14.4 Å². The lowest BCUT2D eigenvalue weighted by atomic mass is 10.1. The Morgan fingerprint density at radius 2 is 1.80 bits per heavy atom. The first-order valence-corrected chi connectivity index (χ1v) is 9.15. The first kappa shape index (κ1) is 19.1. The summed E-state index contributed by atoms with van der Waals surface area (Å²) in [5.74, 6) is -1.16. The van der Waals surface area contributed by atoms with Crippen molar-refractivity contribution in [1.29, 1.82) is 5.26 Å². The number of benzene rings is 2. The number of amides is 3. The number of aryl methyl sites for hydroxylation is 3. The summed E-state index contributed by atoms with van der Waals surface area (Å²) in [7, 11) is 1.60. The largest absolute Gasteiger partial charge is 0.306 e. The summed E-state index contributed by atoms with van der Waals surface area (Å²) in [4.78, 5) is 39.8. The zero-order valence-corrected chi connectivity index (χ0v) is 16.6. The van der Waals surface area contributed by atoms with E-state index in [0.717, 1.165) is 16.0 Å². The molecular weight excluding hydrogens is 382 g/mol. The fourth-order valence-electron chi connectivity index (χ4n) is 3.41. The normalized spacial score (nSPS) is 12.7. The van der Waals surface area contributed by atoms with E-state index in [1.54, 1.807) is 13.1 Å². The number of nitrogens with zero attached hydrogens (tertiary/aromatic N) is 4. The van der Waals surface area contributed by atoms with Crippen LogP contribution in [-0.2, 0) is 7.05 Å². The van der Waals surface area contributed by atoms with Crippen molar-refractivity contribution in [1.82, 2.24) is 9.78 Å². The van der Waals surface area contributed by atoms with Gasteiger partial charge in [-0.2, -0.15) is 10.4 Å². The first-order chi connectivity index (χ1) is 14.3. The number of hydrogen-bond donors (Lipinski definition) is 1. The molecule has 0 radical (unpaired) electrons. The van der Waals surface area contributed by atoms with Gasteiger partial charge in [0.05, 0.1) is 23.0 Å². The van der Waals surface area contributed by atoms with Crippen molar-refractivity contribution in [2.75, 3.05) is 10.2 Å². The second kappa shape index (κ2) is 6.97. The Balaban J connectivity index is 1.68. The molecule has 1 aliphatic heterocycles. The molecule has 0 fully saturated rings. The summed E-state index contributed by atoms with van der Waals surface area (Å²) in [5.41, 5.74) is 3.09. The van der Waals surface area contributed by atoms with Crippen molar-refractivity contribution in [2.24, 2.45) is 7.05 Å². The molecule has 0 saturated heterocycles. The summed E-state index contributed by atoms with van der Waals surface area (Å²) in [5, 5.41) is 15.7. The number of anilines is 2. The number of nitrogens with one attached hydrogen (secondary N) is 1. The lowest BCUT2D eigenvalue weighted by molar-refractivity contribution is 0.0925. The van der Waals surface area contributed by atoms with Crippen LogP contribution in [0.4, 0.5) is 11.5 Å². The molecule has 0 aliphatic carbocycles. The topological polar surface area (TPSA) is 108 Å². The van der Waals surface area contributed by atoms with Gasteiger partial charge in [0.1, 0.15) is 17.5 Å². The molecular formula is C22H17N5O3. The minimum Gasteiger partial charge on any atom is -0.306 e. The number of nitriles is 1. The van der Waals surface area contributed by atoms with E-state index in [2.05, 4.69) is 10.4 Å². The van der Waals surface area contributed by atoms with Crippen LogP contribution in [0.2, 0.25) is 0 Å². The molecule has 148 valence electrons. The summed E-state index contributed by atoms with van der Waals surface area (Å²) in [6, 6.07) is 11.9. The molecule has 1 aliphatic rings. The van der Waals surface area contributed by atoms with Crippen molar-refractivity contribution in [3.63, 3.8) is 0 Å². The van der Waals surface area contributed by atoms with Gasteiger partial charge in [0.15, 0.2) is 0 Å². The van der Waals surface area contributed by atoms with Crippen LogP contribution in [0.15, 0.2) is 42.6 Å². The summed E-state index contributed by atoms with van der Waals surface area (Å²) in [6.07, 6.45) is 1.35. The molecule has 1 N–H and O–H groups in total. The van der Waals surface area contributed by atoms with Gasteiger partial charge in [0.2, 0.25) is 0 Å². The average molecular weight is 399 g/mol. The summed E-state index contributed by atoms with van der Waals surface area (Å²) >= 11 is 0. The van der Waals surface area contributed by atoms with Crippen LogP contribution in [0, 0.1) is 25.2 Å². The molecule has 0 unspecified atom stereocenters. The van der Waals surface area contributed by atoms with E-state index in [1.807, 2.05) is 32.0 Å². The summed E-state index contributed by atoms with van der Waals surface area (Å²) in [6.45, 7) is 3.72. The molecule has 4 rings (SSSR count). The highest BCUT2D eigenvalue weighted by atomic mass is 16.2. The van der Waals surface area contributed by atoms with E-state index < -0.39 is 17.7 Å². The van der Waals surface area contributed by atoms with Gasteiger partial charge < -0.3 is 5.32 Å². The monoisotopic (exact) mass is 399 g/mol. The van der Waals surface area contributed by atoms with Gasteiger partial charge in [-0.25, -0.2) is 4.90 Å². The zero-order valence-electron chi connectivity index (χ0n) is 16.6. The van der Waals surface area contributed by atoms with Crippen LogP contribution >= 0.6 is 0 Å². The summed E-state index contributed by atoms with van der Waals surface area (Å²) < 4.78 is 1.38. The van der Waals surface area contributed by atoms with Crippen LogP contribution in [-0.4, -0.2) is 27.5 Å². The number of hydrogen-bond acceptors (Lipinski definition) is 5. The van der Waals surface area contributed by atoms with Crippen LogP contribution < -0.4 is 10.2 Å². The zero-order chi connectivity index (χ0) is 21.6. The third-order valence-corrected chi connectivity index (χ3v) is 5.05. The van der Waals surface area contributed by atoms with Gasteiger partial charge >= 0.3 is 0 Å². The molecule has 30 heavy (non-hydrogen) atoms. The minimum atomic E-state index is -0.511. The second-order valence-corrected chi connectivity index (χ2v) is 7.09. The molecule has 3 amide bonds. The maximum Gasteiger partial charge on any atom is 0.266 e. The lowest BCUT2D eigenvalue weighted by Gasteiger charge is -2.17. The highest BCUT2D eigenvalue weighted by molar-refractivity contribution is 6.35. The molecule has 3 aromatic rings. The molecule has 8 heteroatoms. The van der Waals surface area contributed by atoms with Crippen LogP contribution in [0.3, 0.4) is 0 Å². The van der Waals surface area contributed by atoms with Crippen LogP contribution in [0.25, 0.3) is 0 Å². The second-order valence-electron chi connectivity index (χ2n) is 7.09. The van der Waals surface area contributed by atoms with E-state index >= 15 is 0 Å². The fraction of sp³-hybridized carbons (Fsp3) is 0.136. The number of aromatic nitrogens is 2. The number of rotatable bonds is 3. The van der Waals surface area contributed by atoms with E-state index in [4.69, 9.17) is 5.26 Å². The van der Waals surface area contributed by atoms with Gasteiger partial charge in [-0.15, -0.1) is 0 Å². The van der Waals surface area contributed by atoms with Crippen molar-refractivity contribution >= 4 is 29.2 Å². The standard InChI is InChI=1S/C22H17N5O3/c1-12-4-5-13(2)18(8-12)27-21(29)16-7-6-14(9-17(16)22(27)30)20(28)25-19-15(10-23)11-24-26(19)3/h4-9,11H,1-3H3,(H,25,28). The highest BCUT2D eigenvalue weighted by Crippen LogP contribution is 2.32. The molecule has 0 saturated carbocycles. The number of imide groups is 1. The van der Waals surface area contributed by atoms with E-state index in [-0.39, 0.29) is 28.1 Å². The van der Waals surface area contributed by atoms with Crippen molar-refractivity contribution in [2.45, 2.75) is 13.8 Å². The number of carbonyl (C=O) groups is 3. The first-order valence-electron chi connectivity index (χ1n) is 9.15. The van der Waals surface area contributed by atoms with Crippen LogP contribution in [0.1, 0.15) is 47.8 Å². The number of fused-ring (bicyclic) bond motifs is 1. The Bertz CT molecular complexity index is 1280. The maximum absolute atomic E-state index is 13.0. The predicted octanol–water partition coefficient (Wildman–Crippen LogP) is 2.96. The van der Waals surface area contributed by atoms with Crippen molar-refractivity contribution in [3.05, 3.63) is 76.0 Å². The Morgan fingerprint density at radius 3 is 2.53 bits per heavy atom. The average Bonchev–Trinajstić information content (AvgIpc) is 3.20. The molecule has 2 aromatic carbocycles. The minimum absolute atomic E-state index is 0.166. The van der Waals surface area contributed by atoms with Gasteiger partial charge in [0, 0.05) is 12.6 Å². The quantitative estimate of drug-likeness (QED) is 0.681. The lowest BCUT2D eigenvalue weighted by Crippen LogP contribution is -2.30. The molecule has 0 atom stereocenters. The molecule has 8 nitrogen and oxygen atoms in total. The third-order valence-electron chi connectivity index (χ3n) is 5.05. The Hall–Kier alpha value is -4.25. The third kappa shape index (κ3) is 2.93. The van der Waals surface area contributed by atoms with Gasteiger partial charge in [-0.3, -0.25) is 19.1 Å². The van der Waals surface area contributed by atoms with Gasteiger partial charge in [-0.05, 0) is 49.2 Å². The fourth-order valence-corrected chi connectivity index (χ4v) is 3.41. The predicted molar refractivity (Wildman–Crippen MR) is 109 cm³/mol. The van der Waals surface area contributed by atoms with Crippen LogP contribution in [0.5, 0.6) is 0 Å². The van der Waals surface area contributed by atoms with E-state index in [0.29, 0.717) is 5.69 Å². The number of carbonyl (C=O) groups excluding carboxylic acids is 3. The molecule has 1 aromatic heterocycles. The molecule has 2 heterocycles. The van der Waals surface area contributed by atoms with Crippen molar-refractivity contribution < 1.29 is 14.4 Å². The highest BCUT2D eigenvalue weighted by Gasteiger charge is 2.37. The Labute approximate surface area is 172 Å². The van der Waals surface area contributed by atoms with Gasteiger partial charge in [-0.1, -0.05) is 12.1 Å². The van der Waals surface area contributed by atoms with Gasteiger partial charge in [0.25, 0.3) is 17.7 Å². The van der Waals surface area contributed by atoms with E-state index in [1.165, 1.54) is 29.1 Å². The Kier molecular flexibility index (Phi) is 4.43. The SMILES string of the molecule is Cc1ccc(C)c(N2C(=O)c3ccc(C(=O)Nc4c(C#N)cnn4C)cc3C2=O)c1. The smallest absolute Gasteiger partial charge is 0.266 e. The maximum atomic E-state index is 13.0. The van der Waals surface area contributed by atoms with Crippen molar-refractivity contribution in [3.8, 4) is 6.07 Å². The Morgan fingerprint density at radius 1 is 1.07 bits per heavy atom. The molecule has 0 bridgehead atoms. The molecule has 0 spiro atoms.